The second-order valence-corrected chi connectivity index (χ2v) is 27.5. The fourth-order valence-corrected chi connectivity index (χ4v) is 17.4. The number of rotatable bonds is 11. The normalized spacial score (nSPS) is 12.6. The van der Waals surface area contributed by atoms with Gasteiger partial charge in [-0.25, -0.2) is 0 Å². The molecule has 1 nitrogen and oxygen atoms in total. The van der Waals surface area contributed by atoms with E-state index in [-0.39, 0.29) is 17.1 Å². The van der Waals surface area contributed by atoms with Gasteiger partial charge in [-0.3, -0.25) is 0 Å². The van der Waals surface area contributed by atoms with Crippen molar-refractivity contribution in [3.63, 3.8) is 0 Å². The minimum atomic E-state index is -6.13. The van der Waals surface area contributed by atoms with Crippen molar-refractivity contribution in [2.45, 2.75) is 84.0 Å². The first-order valence-electron chi connectivity index (χ1n) is 28.4. The third-order valence-electron chi connectivity index (χ3n) is 16.4. The summed E-state index contributed by atoms with van der Waals surface area (Å²) in [6.07, 6.45) is -52.3. The van der Waals surface area contributed by atoms with E-state index in [4.69, 9.17) is 5.00 Å². The van der Waals surface area contributed by atoms with Gasteiger partial charge in [0.05, 0.1) is 81.6 Å². The van der Waals surface area contributed by atoms with Crippen molar-refractivity contribution in [3.05, 3.63) is 266 Å². The standard InChI is InChI=1S/C32H12BF24.C26H24P2.C10H15.Fe.NP/c34-25(35,36)13-1-14(26(37,38)39)6-21(5-13)33(22-7-15(27(40,41)42)2-16(8-22)28(43,44)45,23-9-17(29(46,47)48)3-18(10-23)30(49,50)51)24-11-19(31(52,53)54)4-20(12-24)32(55,56)57;1-5-13-23(14-6-1)27(24-15-7-2-8-16-24)21-22-28(25-17-9-3-10-18-25)26-19-11-4-12-20-26;1-6-7(2)9(4)10(5)8(6)3;;1-2/h1-12H;1-20H,21-22H2;1-5H3;;/q-1;;-1;+2;/p+3. The maximum Gasteiger partial charge on any atom is 2.00 e. The third kappa shape index (κ3) is 19.9. The number of hydrogen-bond acceptors (Lipinski definition) is 1. The van der Waals surface area contributed by atoms with Crippen molar-refractivity contribution >= 4 is 73.9 Å². The number of nitrogens with zero attached hydrogens (tertiary/aromatic N) is 1. The second kappa shape index (κ2) is 31.7. The van der Waals surface area contributed by atoms with Crippen LogP contribution in [0.3, 0.4) is 0 Å². The largest absolute Gasteiger partial charge is 2.00 e. The molecule has 0 unspecified atom stereocenters. The van der Waals surface area contributed by atoms with Gasteiger partial charge in [-0.2, -0.15) is 155 Å². The monoisotopic (exact) mass is 1500 g/mol. The molecule has 0 heterocycles. The number of benzene rings is 8. The maximum absolute atomic E-state index is 14.2. The fourth-order valence-electron chi connectivity index (χ4n) is 11.2. The van der Waals surface area contributed by atoms with Crippen molar-refractivity contribution in [1.29, 1.82) is 5.00 Å². The van der Waals surface area contributed by atoms with E-state index >= 15 is 0 Å². The number of hydrogen-bond donors (Lipinski definition) is 0. The molecule has 0 atom stereocenters. The molecule has 30 heteroatoms. The Morgan fingerprint density at radius 3 is 0.571 bits per heavy atom. The molecule has 9 aromatic carbocycles. The molecule has 98 heavy (non-hydrogen) atoms. The summed E-state index contributed by atoms with van der Waals surface area (Å²) in [5.41, 5.74) is -22.9. The van der Waals surface area contributed by atoms with Crippen LogP contribution in [0.15, 0.2) is 194 Å². The summed E-state index contributed by atoms with van der Waals surface area (Å²) in [7, 11) is 0.405. The van der Waals surface area contributed by atoms with Gasteiger partial charge in [-0.1, -0.05) is 156 Å². The SMILES string of the molecule is Cc1c(C)c(C)[c-](C)c1C.FC(F)(F)c1cc([B-](c2cc(C(F)(F)F)cc(C(F)(F)F)c2)(c2cc(C(F)(F)F)cc(C(F)(F)F)c2)c2cc(C(F)(F)F)cc(C(F)(F)F)c2)cc(C(F)(F)F)c1.N#[PH+].[Fe+2].c1ccc([PH+](CC[PH+](c2ccccc2)c2ccccc2)c2ccccc2)cc1. The molecule has 522 valence electrons. The van der Waals surface area contributed by atoms with Crippen LogP contribution in [-0.4, -0.2) is 18.5 Å². The van der Waals surface area contributed by atoms with Crippen molar-refractivity contribution in [2.24, 2.45) is 0 Å². The Morgan fingerprint density at radius 1 is 0.296 bits per heavy atom. The Kier molecular flexibility index (Phi) is 26.4. The van der Waals surface area contributed by atoms with E-state index in [9.17, 15) is 105 Å². The van der Waals surface area contributed by atoms with Gasteiger partial charge in [0.25, 0.3) is 0 Å². The van der Waals surface area contributed by atoms with Crippen LogP contribution in [0.25, 0.3) is 0 Å². The van der Waals surface area contributed by atoms with E-state index < -0.39 is 211 Å². The molecule has 0 saturated carbocycles. The van der Waals surface area contributed by atoms with Crippen LogP contribution in [0.4, 0.5) is 105 Å². The van der Waals surface area contributed by atoms with E-state index in [1.807, 2.05) is 8.88 Å². The molecule has 0 radical (unpaired) electrons. The van der Waals surface area contributed by atoms with E-state index in [1.165, 1.54) is 61.4 Å². The zero-order valence-electron chi connectivity index (χ0n) is 51.3. The van der Waals surface area contributed by atoms with Crippen molar-refractivity contribution in [2.75, 3.05) is 12.3 Å². The molecule has 0 aromatic heterocycles. The van der Waals surface area contributed by atoms with Gasteiger partial charge in [0, 0.05) is 0 Å². The summed E-state index contributed by atoms with van der Waals surface area (Å²) in [6, 6.07) is 35.7. The fraction of sp³-hybridized carbons (Fsp3) is 0.221. The number of alkyl halides is 24. The topological polar surface area (TPSA) is 23.8 Å². The average molecular weight is 1500 g/mol. The molecule has 0 fully saturated rings. The minimum Gasteiger partial charge on any atom is -0.0620 e. The third-order valence-corrected chi connectivity index (χ3v) is 22.5. The van der Waals surface area contributed by atoms with Crippen LogP contribution in [-0.2, 0) is 66.5 Å². The quantitative estimate of drug-likeness (QED) is 0.0548. The van der Waals surface area contributed by atoms with Crippen molar-refractivity contribution < 1.29 is 122 Å². The summed E-state index contributed by atoms with van der Waals surface area (Å²) in [5.74, 6) is 0. The Balaban J connectivity index is 0.000000345. The molecule has 9 aromatic rings. The summed E-state index contributed by atoms with van der Waals surface area (Å²) < 4.78 is 341. The summed E-state index contributed by atoms with van der Waals surface area (Å²) in [5, 5.41) is 12.9. The average Bonchev–Trinajstić information content (AvgIpc) is 0.801. The molecule has 0 N–H and O–H groups in total. The zero-order chi connectivity index (χ0) is 72.8. The molecule has 0 saturated heterocycles. The van der Waals surface area contributed by atoms with Crippen LogP contribution in [0.2, 0.25) is 0 Å². The first-order valence-corrected chi connectivity index (χ1v) is 32.3. The Morgan fingerprint density at radius 2 is 0.449 bits per heavy atom. The zero-order valence-corrected chi connectivity index (χ0v) is 55.4. The van der Waals surface area contributed by atoms with E-state index in [0.717, 1.165) is 0 Å². The molecule has 0 aliphatic carbocycles. The molecule has 0 bridgehead atoms. The van der Waals surface area contributed by atoms with Crippen LogP contribution in [0.1, 0.15) is 72.3 Å². The molecular formula is C68H54BF24FeNP3+3. The van der Waals surface area contributed by atoms with Gasteiger partial charge >= 0.3 is 80.4 Å². The molecule has 0 spiro atoms. The first kappa shape index (κ1) is 81.7. The molecule has 0 aliphatic rings. The van der Waals surface area contributed by atoms with Gasteiger partial charge in [-0.15, -0.1) is 0 Å². The van der Waals surface area contributed by atoms with Crippen LogP contribution in [0, 0.1) is 39.6 Å². The smallest absolute Gasteiger partial charge is 0.0620 e. The van der Waals surface area contributed by atoms with E-state index in [1.54, 1.807) is 0 Å². The maximum atomic E-state index is 14.2. The summed E-state index contributed by atoms with van der Waals surface area (Å²) in [4.78, 5) is 0. The van der Waals surface area contributed by atoms with E-state index in [0.29, 0.717) is 0 Å². The Hall–Kier alpha value is -6.99. The van der Waals surface area contributed by atoms with Crippen LogP contribution in [0.5, 0.6) is 0 Å². The van der Waals surface area contributed by atoms with Crippen LogP contribution < -0.4 is 43.1 Å². The molecule has 0 amide bonds. The molecular weight excluding hydrogens is 1450 g/mol. The van der Waals surface area contributed by atoms with Gasteiger partial charge < -0.3 is 0 Å². The van der Waals surface area contributed by atoms with Crippen molar-refractivity contribution in [3.8, 4) is 0 Å². The predicted molar refractivity (Wildman–Crippen MR) is 337 cm³/mol. The van der Waals surface area contributed by atoms with Gasteiger partial charge in [0.15, 0.2) is 0 Å². The Bertz CT molecular complexity index is 3460. The first-order chi connectivity index (χ1) is 44.7. The summed E-state index contributed by atoms with van der Waals surface area (Å²) >= 11 is 0. The number of halogens is 24. The van der Waals surface area contributed by atoms with Gasteiger partial charge in [0.2, 0.25) is 0 Å². The summed E-state index contributed by atoms with van der Waals surface area (Å²) in [6.45, 7) is 11.0. The van der Waals surface area contributed by atoms with Crippen molar-refractivity contribution in [1.82, 2.24) is 0 Å². The Labute approximate surface area is 561 Å². The minimum absolute atomic E-state index is 0. The second-order valence-electron chi connectivity index (χ2n) is 22.3. The van der Waals surface area contributed by atoms with Crippen LogP contribution >= 0.6 is 24.7 Å². The molecule has 0 aliphatic heterocycles. The van der Waals surface area contributed by atoms with Gasteiger partial charge in [-0.05, 0) is 72.8 Å². The molecule has 9 rings (SSSR count). The van der Waals surface area contributed by atoms with Gasteiger partial charge in [0.1, 0.15) is 18.5 Å². The van der Waals surface area contributed by atoms with E-state index in [2.05, 4.69) is 156 Å². The predicted octanol–water partition coefficient (Wildman–Crippen LogP) is 19.5.